The van der Waals surface area contributed by atoms with Crippen molar-refractivity contribution in [3.8, 4) is 0 Å². The van der Waals surface area contributed by atoms with Crippen molar-refractivity contribution in [2.24, 2.45) is 4.99 Å². The minimum atomic E-state index is -4.24. The minimum Gasteiger partial charge on any atom is -0.332 e. The lowest BCUT2D eigenvalue weighted by molar-refractivity contribution is -0.144. The first-order valence-corrected chi connectivity index (χ1v) is 4.25. The van der Waals surface area contributed by atoms with Gasteiger partial charge in [-0.25, -0.2) is 4.99 Å². The highest BCUT2D eigenvalue weighted by Gasteiger charge is 2.35. The Morgan fingerprint density at radius 1 is 1.40 bits per heavy atom. The molecule has 2 rings (SSSR count). The number of halogens is 3. The zero-order valence-corrected chi connectivity index (χ0v) is 7.91. The van der Waals surface area contributed by atoms with E-state index in [1.165, 1.54) is 18.7 Å². The molecule has 7 heteroatoms. The molecule has 0 aromatic heterocycles. The molecule has 0 radical (unpaired) electrons. The third-order valence-electron chi connectivity index (χ3n) is 2.06. The highest BCUT2D eigenvalue weighted by Crippen LogP contribution is 2.27. The van der Waals surface area contributed by atoms with Gasteiger partial charge in [0.2, 0.25) is 0 Å². The Balaban J connectivity index is 2.15. The van der Waals surface area contributed by atoms with E-state index in [4.69, 9.17) is 0 Å². The SMILES string of the molecule is CN1C=NC=C2C1=CNN2CC(F)(F)F. The molecule has 0 atom stereocenters. The van der Waals surface area contributed by atoms with Gasteiger partial charge in [0.1, 0.15) is 12.2 Å². The first kappa shape index (κ1) is 9.88. The molecule has 0 spiro atoms. The number of alkyl halides is 3. The highest BCUT2D eigenvalue weighted by atomic mass is 19.4. The van der Waals surface area contributed by atoms with Crippen molar-refractivity contribution in [1.82, 2.24) is 15.3 Å². The number of fused-ring (bicyclic) bond motifs is 1. The quantitative estimate of drug-likeness (QED) is 0.713. The molecular weight excluding hydrogens is 209 g/mol. The van der Waals surface area contributed by atoms with E-state index in [0.29, 0.717) is 11.4 Å². The van der Waals surface area contributed by atoms with E-state index in [1.807, 2.05) is 0 Å². The Labute approximate surface area is 84.3 Å². The summed E-state index contributed by atoms with van der Waals surface area (Å²) < 4.78 is 36.5. The van der Waals surface area contributed by atoms with Crippen LogP contribution in [0.15, 0.2) is 28.8 Å². The summed E-state index contributed by atoms with van der Waals surface area (Å²) in [5.41, 5.74) is 3.65. The summed E-state index contributed by atoms with van der Waals surface area (Å²) in [6.45, 7) is -1.04. The summed E-state index contributed by atoms with van der Waals surface area (Å²) in [7, 11) is 1.72. The highest BCUT2D eigenvalue weighted by molar-refractivity contribution is 5.63. The first-order chi connectivity index (χ1) is 6.97. The molecule has 2 heterocycles. The molecule has 0 saturated carbocycles. The molecule has 0 bridgehead atoms. The van der Waals surface area contributed by atoms with E-state index >= 15 is 0 Å². The van der Waals surface area contributed by atoms with Gasteiger partial charge in [0.05, 0.1) is 18.2 Å². The smallest absolute Gasteiger partial charge is 0.332 e. The van der Waals surface area contributed by atoms with Crippen LogP contribution in [0.4, 0.5) is 13.2 Å². The van der Waals surface area contributed by atoms with Gasteiger partial charge >= 0.3 is 6.18 Å². The molecule has 0 fully saturated rings. The van der Waals surface area contributed by atoms with Crippen LogP contribution in [0, 0.1) is 0 Å². The molecule has 0 saturated heterocycles. The van der Waals surface area contributed by atoms with Crippen LogP contribution in [0.5, 0.6) is 0 Å². The summed E-state index contributed by atoms with van der Waals surface area (Å²) >= 11 is 0. The second-order valence-corrected chi connectivity index (χ2v) is 3.25. The molecule has 0 amide bonds. The first-order valence-electron chi connectivity index (χ1n) is 4.25. The van der Waals surface area contributed by atoms with E-state index in [0.717, 1.165) is 5.01 Å². The maximum atomic E-state index is 12.2. The Bertz CT molecular complexity index is 355. The van der Waals surface area contributed by atoms with E-state index < -0.39 is 12.7 Å². The molecule has 82 valence electrons. The molecule has 0 aliphatic carbocycles. The molecule has 0 aromatic rings. The van der Waals surface area contributed by atoms with E-state index in [2.05, 4.69) is 10.4 Å². The zero-order chi connectivity index (χ0) is 11.1. The normalized spacial score (nSPS) is 19.7. The van der Waals surface area contributed by atoms with Crippen molar-refractivity contribution in [2.75, 3.05) is 13.6 Å². The van der Waals surface area contributed by atoms with Gasteiger partial charge in [0, 0.05) is 13.2 Å². The fraction of sp³-hybridized carbons (Fsp3) is 0.375. The third kappa shape index (κ3) is 1.90. The van der Waals surface area contributed by atoms with Gasteiger partial charge in [-0.05, 0) is 0 Å². The fourth-order valence-corrected chi connectivity index (χ4v) is 1.42. The number of rotatable bonds is 1. The topological polar surface area (TPSA) is 30.9 Å². The molecule has 2 aliphatic rings. The number of hydrazine groups is 1. The van der Waals surface area contributed by atoms with E-state index in [-0.39, 0.29) is 0 Å². The number of nitrogens with one attached hydrogen (secondary N) is 1. The monoisotopic (exact) mass is 218 g/mol. The molecular formula is C8H9F3N4. The summed E-state index contributed by atoms with van der Waals surface area (Å²) in [5, 5.41) is 1.02. The molecule has 0 aromatic carbocycles. The van der Waals surface area contributed by atoms with Crippen LogP contribution in [0.25, 0.3) is 0 Å². The Hall–Kier alpha value is -1.66. The predicted octanol–water partition coefficient (Wildman–Crippen LogP) is 1.03. The third-order valence-corrected chi connectivity index (χ3v) is 2.06. The van der Waals surface area contributed by atoms with Crippen molar-refractivity contribution < 1.29 is 13.2 Å². The molecule has 1 N–H and O–H groups in total. The van der Waals surface area contributed by atoms with Gasteiger partial charge in [-0.15, -0.1) is 0 Å². The van der Waals surface area contributed by atoms with Crippen molar-refractivity contribution in [3.63, 3.8) is 0 Å². The van der Waals surface area contributed by atoms with Gasteiger partial charge in [-0.2, -0.15) is 13.2 Å². The molecule has 4 nitrogen and oxygen atoms in total. The lowest BCUT2D eigenvalue weighted by atomic mass is 10.3. The van der Waals surface area contributed by atoms with Crippen molar-refractivity contribution in [2.45, 2.75) is 6.18 Å². The second-order valence-electron chi connectivity index (χ2n) is 3.25. The predicted molar refractivity (Wildman–Crippen MR) is 48.3 cm³/mol. The summed E-state index contributed by atoms with van der Waals surface area (Å²) in [5.74, 6) is 0. The summed E-state index contributed by atoms with van der Waals surface area (Å²) in [6.07, 6.45) is 0.214. The van der Waals surface area contributed by atoms with Gasteiger partial charge in [-0.1, -0.05) is 0 Å². The van der Waals surface area contributed by atoms with Crippen molar-refractivity contribution >= 4 is 6.34 Å². The standard InChI is InChI=1S/C8H9F3N4/c1-14-5-12-2-7-6(14)3-13-15(7)4-8(9,10)11/h2-3,5,13H,4H2,1H3. The van der Waals surface area contributed by atoms with Crippen LogP contribution in [-0.2, 0) is 0 Å². The fourth-order valence-electron chi connectivity index (χ4n) is 1.42. The van der Waals surface area contributed by atoms with Gasteiger partial charge in [0.15, 0.2) is 0 Å². The number of likely N-dealkylation sites (N-methyl/N-ethyl adjacent to an activating group) is 1. The Kier molecular flexibility index (Phi) is 2.09. The average molecular weight is 218 g/mol. The minimum absolute atomic E-state index is 0.428. The van der Waals surface area contributed by atoms with Gasteiger partial charge in [0.25, 0.3) is 0 Å². The van der Waals surface area contributed by atoms with Gasteiger partial charge in [-0.3, -0.25) is 5.01 Å². The van der Waals surface area contributed by atoms with Crippen LogP contribution in [0.3, 0.4) is 0 Å². The van der Waals surface area contributed by atoms with E-state index in [1.54, 1.807) is 11.9 Å². The van der Waals surface area contributed by atoms with Crippen LogP contribution in [0.1, 0.15) is 0 Å². The maximum Gasteiger partial charge on any atom is 0.407 e. The largest absolute Gasteiger partial charge is 0.407 e. The average Bonchev–Trinajstić information content (AvgIpc) is 2.48. The number of hydrogen-bond donors (Lipinski definition) is 1. The van der Waals surface area contributed by atoms with Crippen molar-refractivity contribution in [3.05, 3.63) is 23.8 Å². The second kappa shape index (κ2) is 3.18. The van der Waals surface area contributed by atoms with Crippen LogP contribution >= 0.6 is 0 Å². The molecule has 15 heavy (non-hydrogen) atoms. The van der Waals surface area contributed by atoms with Crippen molar-refractivity contribution in [1.29, 1.82) is 0 Å². The number of nitrogens with zero attached hydrogens (tertiary/aromatic N) is 3. The number of aliphatic imine (C=N–C) groups is 1. The van der Waals surface area contributed by atoms with E-state index in [9.17, 15) is 13.2 Å². The lowest BCUT2D eigenvalue weighted by Crippen LogP contribution is -2.38. The van der Waals surface area contributed by atoms with Crippen LogP contribution in [0.2, 0.25) is 0 Å². The van der Waals surface area contributed by atoms with Crippen LogP contribution in [-0.4, -0.2) is 36.0 Å². The molecule has 2 aliphatic heterocycles. The Morgan fingerprint density at radius 3 is 2.80 bits per heavy atom. The maximum absolute atomic E-state index is 12.2. The summed E-state index contributed by atoms with van der Waals surface area (Å²) in [6, 6.07) is 0. The summed E-state index contributed by atoms with van der Waals surface area (Å²) in [4.78, 5) is 5.48. The lowest BCUT2D eigenvalue weighted by Gasteiger charge is -2.25. The Morgan fingerprint density at radius 2 is 2.13 bits per heavy atom. The van der Waals surface area contributed by atoms with Gasteiger partial charge < -0.3 is 10.3 Å². The zero-order valence-electron chi connectivity index (χ0n) is 7.91. The number of hydrogen-bond acceptors (Lipinski definition) is 4. The molecule has 0 unspecified atom stereocenters. The van der Waals surface area contributed by atoms with Crippen LogP contribution < -0.4 is 5.43 Å².